The second kappa shape index (κ2) is 6.60. The van der Waals surface area contributed by atoms with Gasteiger partial charge in [-0.1, -0.05) is 29.8 Å². The summed E-state index contributed by atoms with van der Waals surface area (Å²) in [5, 5.41) is 2.75. The molecule has 0 aliphatic carbocycles. The Bertz CT molecular complexity index is 643. The Kier molecular flexibility index (Phi) is 4.81. The maximum absolute atomic E-state index is 11.7. The molecular formula is C18H22N2O2. The van der Waals surface area contributed by atoms with Gasteiger partial charge in [-0.3, -0.25) is 4.98 Å². The van der Waals surface area contributed by atoms with Crippen LogP contribution in [-0.2, 0) is 11.3 Å². The van der Waals surface area contributed by atoms with Gasteiger partial charge in [-0.25, -0.2) is 4.79 Å². The van der Waals surface area contributed by atoms with Crippen molar-refractivity contribution in [2.24, 2.45) is 0 Å². The van der Waals surface area contributed by atoms with E-state index in [1.54, 1.807) is 6.20 Å². The van der Waals surface area contributed by atoms with Crippen molar-refractivity contribution in [1.29, 1.82) is 0 Å². The quantitative estimate of drug-likeness (QED) is 0.928. The fourth-order valence-electron chi connectivity index (χ4n) is 1.95. The molecule has 4 heteroatoms. The minimum atomic E-state index is -0.491. The molecule has 0 unspecified atom stereocenters. The predicted molar refractivity (Wildman–Crippen MR) is 87.5 cm³/mol. The lowest BCUT2D eigenvalue weighted by molar-refractivity contribution is 0.0523. The molecule has 1 aromatic heterocycles. The van der Waals surface area contributed by atoms with E-state index in [1.807, 2.05) is 45.0 Å². The van der Waals surface area contributed by atoms with Gasteiger partial charge in [-0.2, -0.15) is 0 Å². The summed E-state index contributed by atoms with van der Waals surface area (Å²) in [5.74, 6) is 0. The molecule has 0 saturated heterocycles. The summed E-state index contributed by atoms with van der Waals surface area (Å²) in [6.07, 6.45) is 1.34. The molecule has 0 aliphatic heterocycles. The van der Waals surface area contributed by atoms with E-state index in [9.17, 15) is 4.79 Å². The van der Waals surface area contributed by atoms with Crippen LogP contribution in [0.1, 0.15) is 31.9 Å². The number of hydrogen-bond acceptors (Lipinski definition) is 3. The molecule has 0 aliphatic rings. The Hall–Kier alpha value is -2.36. The van der Waals surface area contributed by atoms with Gasteiger partial charge in [-0.05, 0) is 45.4 Å². The van der Waals surface area contributed by atoms with Crippen LogP contribution >= 0.6 is 0 Å². The number of pyridine rings is 1. The van der Waals surface area contributed by atoms with Crippen LogP contribution in [0.2, 0.25) is 0 Å². The number of carbonyl (C=O) groups excluding carboxylic acids is 1. The largest absolute Gasteiger partial charge is 0.444 e. The summed E-state index contributed by atoms with van der Waals surface area (Å²) >= 11 is 0. The lowest BCUT2D eigenvalue weighted by atomic mass is 10.1. The van der Waals surface area contributed by atoms with E-state index in [2.05, 4.69) is 29.4 Å². The Balaban J connectivity index is 2.03. The van der Waals surface area contributed by atoms with E-state index in [0.29, 0.717) is 6.54 Å². The molecule has 0 radical (unpaired) electrons. The molecule has 2 rings (SSSR count). The van der Waals surface area contributed by atoms with Crippen LogP contribution in [0, 0.1) is 6.92 Å². The minimum absolute atomic E-state index is 0.413. The fraction of sp³-hybridized carbons (Fsp3) is 0.333. The molecule has 22 heavy (non-hydrogen) atoms. The lowest BCUT2D eigenvalue weighted by Gasteiger charge is -2.19. The van der Waals surface area contributed by atoms with E-state index in [0.717, 1.165) is 16.8 Å². The number of nitrogens with zero attached hydrogens (tertiary/aromatic N) is 1. The van der Waals surface area contributed by atoms with Crippen molar-refractivity contribution in [2.45, 2.75) is 39.8 Å². The van der Waals surface area contributed by atoms with Crippen LogP contribution in [0.3, 0.4) is 0 Å². The SMILES string of the molecule is Cc1ccc(-c2cc(CNC(=O)OC(C)(C)C)ccn2)cc1. The van der Waals surface area contributed by atoms with Gasteiger partial charge in [0.1, 0.15) is 5.60 Å². The Morgan fingerprint density at radius 2 is 1.86 bits per heavy atom. The summed E-state index contributed by atoms with van der Waals surface area (Å²) in [4.78, 5) is 16.1. The third kappa shape index (κ3) is 4.88. The second-order valence-electron chi connectivity index (χ2n) is 6.27. The zero-order valence-electron chi connectivity index (χ0n) is 13.5. The summed E-state index contributed by atoms with van der Waals surface area (Å²) in [6.45, 7) is 7.99. The minimum Gasteiger partial charge on any atom is -0.444 e. The highest BCUT2D eigenvalue weighted by Gasteiger charge is 2.15. The molecule has 2 aromatic rings. The van der Waals surface area contributed by atoms with Crippen molar-refractivity contribution in [3.8, 4) is 11.3 Å². The summed E-state index contributed by atoms with van der Waals surface area (Å²) in [6, 6.07) is 12.1. The number of benzene rings is 1. The predicted octanol–water partition coefficient (Wildman–Crippen LogP) is 4.08. The van der Waals surface area contributed by atoms with Gasteiger partial charge in [0.05, 0.1) is 5.69 Å². The van der Waals surface area contributed by atoms with E-state index < -0.39 is 11.7 Å². The van der Waals surface area contributed by atoms with Gasteiger partial charge in [0.15, 0.2) is 0 Å². The molecule has 1 amide bonds. The van der Waals surface area contributed by atoms with E-state index >= 15 is 0 Å². The summed E-state index contributed by atoms with van der Waals surface area (Å²) in [5.41, 5.74) is 3.66. The number of rotatable bonds is 3. The van der Waals surface area contributed by atoms with Gasteiger partial charge in [0, 0.05) is 18.3 Å². The standard InChI is InChI=1S/C18H22N2O2/c1-13-5-7-15(8-6-13)16-11-14(9-10-19-16)12-20-17(21)22-18(2,3)4/h5-11H,12H2,1-4H3,(H,20,21). The average Bonchev–Trinajstić information content (AvgIpc) is 2.44. The van der Waals surface area contributed by atoms with Crippen LogP contribution in [0.5, 0.6) is 0 Å². The molecule has 0 atom stereocenters. The number of amides is 1. The van der Waals surface area contributed by atoms with Gasteiger partial charge in [-0.15, -0.1) is 0 Å². The molecule has 0 fully saturated rings. The molecular weight excluding hydrogens is 276 g/mol. The first-order valence-electron chi connectivity index (χ1n) is 7.32. The van der Waals surface area contributed by atoms with E-state index in [4.69, 9.17) is 4.74 Å². The molecule has 116 valence electrons. The van der Waals surface area contributed by atoms with E-state index in [-0.39, 0.29) is 0 Å². The van der Waals surface area contributed by atoms with Gasteiger partial charge in [0.25, 0.3) is 0 Å². The third-order valence-corrected chi connectivity index (χ3v) is 3.01. The Morgan fingerprint density at radius 1 is 1.18 bits per heavy atom. The molecule has 1 heterocycles. The van der Waals surface area contributed by atoms with Crippen molar-refractivity contribution in [1.82, 2.24) is 10.3 Å². The lowest BCUT2D eigenvalue weighted by Crippen LogP contribution is -2.32. The molecule has 1 N–H and O–H groups in total. The van der Waals surface area contributed by atoms with Crippen LogP contribution in [0.25, 0.3) is 11.3 Å². The normalized spacial score (nSPS) is 11.1. The Labute approximate surface area is 131 Å². The molecule has 4 nitrogen and oxygen atoms in total. The van der Waals surface area contributed by atoms with Crippen LogP contribution in [0.4, 0.5) is 4.79 Å². The number of alkyl carbamates (subject to hydrolysis) is 1. The summed E-state index contributed by atoms with van der Waals surface area (Å²) in [7, 11) is 0. The van der Waals surface area contributed by atoms with Crippen molar-refractivity contribution in [3.63, 3.8) is 0 Å². The second-order valence-corrected chi connectivity index (χ2v) is 6.27. The third-order valence-electron chi connectivity index (χ3n) is 3.01. The Morgan fingerprint density at radius 3 is 2.50 bits per heavy atom. The van der Waals surface area contributed by atoms with Crippen LogP contribution < -0.4 is 5.32 Å². The van der Waals surface area contributed by atoms with Crippen LogP contribution in [-0.4, -0.2) is 16.7 Å². The van der Waals surface area contributed by atoms with E-state index in [1.165, 1.54) is 5.56 Å². The van der Waals surface area contributed by atoms with Crippen molar-refractivity contribution in [3.05, 3.63) is 53.7 Å². The molecule has 1 aromatic carbocycles. The highest BCUT2D eigenvalue weighted by atomic mass is 16.6. The van der Waals surface area contributed by atoms with Gasteiger partial charge in [0.2, 0.25) is 0 Å². The number of aromatic nitrogens is 1. The number of aryl methyl sites for hydroxylation is 1. The van der Waals surface area contributed by atoms with Crippen LogP contribution in [0.15, 0.2) is 42.6 Å². The number of hydrogen-bond donors (Lipinski definition) is 1. The highest BCUT2D eigenvalue weighted by molar-refractivity contribution is 5.68. The topological polar surface area (TPSA) is 51.2 Å². The maximum Gasteiger partial charge on any atom is 0.407 e. The number of nitrogens with one attached hydrogen (secondary N) is 1. The first-order chi connectivity index (χ1) is 10.3. The number of carbonyl (C=O) groups is 1. The first-order valence-corrected chi connectivity index (χ1v) is 7.32. The molecule has 0 saturated carbocycles. The molecule has 0 bridgehead atoms. The molecule has 0 spiro atoms. The monoisotopic (exact) mass is 298 g/mol. The first kappa shape index (κ1) is 16.0. The fourth-order valence-corrected chi connectivity index (χ4v) is 1.95. The average molecular weight is 298 g/mol. The smallest absolute Gasteiger partial charge is 0.407 e. The highest BCUT2D eigenvalue weighted by Crippen LogP contribution is 2.18. The maximum atomic E-state index is 11.7. The zero-order chi connectivity index (χ0) is 16.2. The summed E-state index contributed by atoms with van der Waals surface area (Å²) < 4.78 is 5.22. The van der Waals surface area contributed by atoms with Crippen molar-refractivity contribution >= 4 is 6.09 Å². The van der Waals surface area contributed by atoms with Gasteiger partial charge < -0.3 is 10.1 Å². The van der Waals surface area contributed by atoms with Crippen molar-refractivity contribution < 1.29 is 9.53 Å². The van der Waals surface area contributed by atoms with Gasteiger partial charge >= 0.3 is 6.09 Å². The van der Waals surface area contributed by atoms with Crippen molar-refractivity contribution in [2.75, 3.05) is 0 Å². The zero-order valence-corrected chi connectivity index (χ0v) is 13.5. The number of ether oxygens (including phenoxy) is 1.